The summed E-state index contributed by atoms with van der Waals surface area (Å²) in [5, 5.41) is 5.71. The Morgan fingerprint density at radius 3 is 2.55 bits per heavy atom. The summed E-state index contributed by atoms with van der Waals surface area (Å²) in [6.07, 6.45) is 0.0945. The molecule has 0 aromatic heterocycles. The van der Waals surface area contributed by atoms with Gasteiger partial charge in [0.05, 0.1) is 12.6 Å². The minimum Gasteiger partial charge on any atom is -0.491 e. The Labute approximate surface area is 129 Å². The van der Waals surface area contributed by atoms with Crippen LogP contribution in [-0.4, -0.2) is 18.6 Å². The highest BCUT2D eigenvalue weighted by Gasteiger charge is 2.04. The van der Waals surface area contributed by atoms with Gasteiger partial charge < -0.3 is 15.4 Å². The zero-order valence-electron chi connectivity index (χ0n) is 12.6. The van der Waals surface area contributed by atoms with Crippen LogP contribution in [0.5, 0.6) is 5.75 Å². The fourth-order valence-electron chi connectivity index (χ4n) is 1.87. The van der Waals surface area contributed by atoms with Crippen LogP contribution >= 0.6 is 0 Å². The molecule has 0 heterocycles. The number of halogens is 1. The first-order chi connectivity index (χ1) is 10.5. The molecular weight excluding hydrogens is 283 g/mol. The molecule has 22 heavy (non-hydrogen) atoms. The van der Waals surface area contributed by atoms with Crippen LogP contribution < -0.4 is 15.4 Å². The van der Waals surface area contributed by atoms with E-state index in [2.05, 4.69) is 10.6 Å². The van der Waals surface area contributed by atoms with E-state index in [9.17, 15) is 9.18 Å². The quantitative estimate of drug-likeness (QED) is 0.856. The molecule has 0 atom stereocenters. The van der Waals surface area contributed by atoms with Crippen LogP contribution in [0.4, 0.5) is 15.8 Å². The van der Waals surface area contributed by atoms with E-state index in [-0.39, 0.29) is 24.4 Å². The molecule has 0 aliphatic rings. The Morgan fingerprint density at radius 1 is 1.14 bits per heavy atom. The summed E-state index contributed by atoms with van der Waals surface area (Å²) in [7, 11) is 0. The zero-order valence-corrected chi connectivity index (χ0v) is 12.6. The number of amides is 1. The van der Waals surface area contributed by atoms with E-state index in [0.29, 0.717) is 5.69 Å². The molecular formula is C17H19FN2O2. The summed E-state index contributed by atoms with van der Waals surface area (Å²) in [6.45, 7) is 4.02. The number of nitrogens with one attached hydrogen (secondary N) is 2. The van der Waals surface area contributed by atoms with Gasteiger partial charge in [-0.25, -0.2) is 4.39 Å². The van der Waals surface area contributed by atoms with Gasteiger partial charge in [0, 0.05) is 17.4 Å². The maximum Gasteiger partial charge on any atom is 0.243 e. The monoisotopic (exact) mass is 302 g/mol. The Morgan fingerprint density at radius 2 is 1.86 bits per heavy atom. The van der Waals surface area contributed by atoms with Crippen LogP contribution in [0.3, 0.4) is 0 Å². The minimum absolute atomic E-state index is 0.0945. The fraction of sp³-hybridized carbons (Fsp3) is 0.235. The lowest BCUT2D eigenvalue weighted by Gasteiger charge is -2.12. The lowest BCUT2D eigenvalue weighted by Crippen LogP contribution is -2.21. The molecule has 2 rings (SSSR count). The summed E-state index contributed by atoms with van der Waals surface area (Å²) < 4.78 is 18.4. The minimum atomic E-state index is -0.335. The average molecular weight is 302 g/mol. The SMILES string of the molecule is CC(C)Oc1cccc(NCC(=O)Nc2ccc(F)cc2)c1. The zero-order chi connectivity index (χ0) is 15.9. The van der Waals surface area contributed by atoms with Crippen molar-refractivity contribution in [2.45, 2.75) is 20.0 Å². The predicted octanol–water partition coefficient (Wildman–Crippen LogP) is 3.66. The number of hydrogen-bond acceptors (Lipinski definition) is 3. The third-order valence-corrected chi connectivity index (χ3v) is 2.79. The van der Waals surface area contributed by atoms with Crippen molar-refractivity contribution < 1.29 is 13.9 Å². The maximum absolute atomic E-state index is 12.8. The second kappa shape index (κ2) is 7.45. The van der Waals surface area contributed by atoms with Gasteiger partial charge in [-0.05, 0) is 50.2 Å². The van der Waals surface area contributed by atoms with Crippen molar-refractivity contribution in [2.24, 2.45) is 0 Å². The summed E-state index contributed by atoms with van der Waals surface area (Å²) in [4.78, 5) is 11.8. The third-order valence-electron chi connectivity index (χ3n) is 2.79. The number of hydrogen-bond donors (Lipinski definition) is 2. The van der Waals surface area contributed by atoms with Gasteiger partial charge in [0.2, 0.25) is 5.91 Å². The molecule has 0 aliphatic carbocycles. The van der Waals surface area contributed by atoms with E-state index in [1.165, 1.54) is 24.3 Å². The topological polar surface area (TPSA) is 50.4 Å². The van der Waals surface area contributed by atoms with Crippen molar-refractivity contribution in [3.05, 3.63) is 54.3 Å². The average Bonchev–Trinajstić information content (AvgIpc) is 2.47. The van der Waals surface area contributed by atoms with Crippen LogP contribution in [0.15, 0.2) is 48.5 Å². The maximum atomic E-state index is 12.8. The van der Waals surface area contributed by atoms with Gasteiger partial charge in [-0.1, -0.05) is 6.07 Å². The molecule has 0 aliphatic heterocycles. The highest BCUT2D eigenvalue weighted by atomic mass is 19.1. The van der Waals surface area contributed by atoms with E-state index < -0.39 is 0 Å². The smallest absolute Gasteiger partial charge is 0.243 e. The van der Waals surface area contributed by atoms with Crippen LogP contribution in [0.2, 0.25) is 0 Å². The van der Waals surface area contributed by atoms with Gasteiger partial charge in [0.1, 0.15) is 11.6 Å². The van der Waals surface area contributed by atoms with E-state index in [4.69, 9.17) is 4.74 Å². The highest BCUT2D eigenvalue weighted by Crippen LogP contribution is 2.18. The van der Waals surface area contributed by atoms with Crippen molar-refractivity contribution in [2.75, 3.05) is 17.2 Å². The molecule has 2 aromatic carbocycles. The third kappa shape index (κ3) is 5.09. The normalized spacial score (nSPS) is 10.4. The lowest BCUT2D eigenvalue weighted by molar-refractivity contribution is -0.114. The Bertz CT molecular complexity index is 627. The van der Waals surface area contributed by atoms with Gasteiger partial charge in [-0.15, -0.1) is 0 Å². The fourth-order valence-corrected chi connectivity index (χ4v) is 1.87. The summed E-state index contributed by atoms with van der Waals surface area (Å²) in [5.41, 5.74) is 1.36. The Balaban J connectivity index is 1.86. The van der Waals surface area contributed by atoms with Gasteiger partial charge in [-0.3, -0.25) is 4.79 Å². The number of benzene rings is 2. The number of anilines is 2. The molecule has 2 aromatic rings. The van der Waals surface area contributed by atoms with Crippen LogP contribution in [0, 0.1) is 5.82 Å². The Hall–Kier alpha value is -2.56. The van der Waals surface area contributed by atoms with E-state index in [1.54, 1.807) is 0 Å². The molecule has 0 saturated carbocycles. The van der Waals surface area contributed by atoms with Crippen LogP contribution in [-0.2, 0) is 4.79 Å². The highest BCUT2D eigenvalue weighted by molar-refractivity contribution is 5.93. The molecule has 0 unspecified atom stereocenters. The second-order valence-corrected chi connectivity index (χ2v) is 5.10. The van der Waals surface area contributed by atoms with Gasteiger partial charge in [0.25, 0.3) is 0 Å². The van der Waals surface area contributed by atoms with Crippen molar-refractivity contribution in [3.63, 3.8) is 0 Å². The van der Waals surface area contributed by atoms with E-state index in [0.717, 1.165) is 11.4 Å². The number of ether oxygens (including phenoxy) is 1. The first kappa shape index (κ1) is 15.8. The Kier molecular flexibility index (Phi) is 5.36. The van der Waals surface area contributed by atoms with Crippen LogP contribution in [0.25, 0.3) is 0 Å². The molecule has 2 N–H and O–H groups in total. The van der Waals surface area contributed by atoms with E-state index >= 15 is 0 Å². The first-order valence-electron chi connectivity index (χ1n) is 7.09. The molecule has 0 spiro atoms. The second-order valence-electron chi connectivity index (χ2n) is 5.10. The molecule has 0 bridgehead atoms. The van der Waals surface area contributed by atoms with Gasteiger partial charge in [-0.2, -0.15) is 0 Å². The van der Waals surface area contributed by atoms with Crippen molar-refractivity contribution in [3.8, 4) is 5.75 Å². The lowest BCUT2D eigenvalue weighted by atomic mass is 10.3. The number of carbonyl (C=O) groups is 1. The predicted molar refractivity (Wildman–Crippen MR) is 85.7 cm³/mol. The summed E-state index contributed by atoms with van der Waals surface area (Å²) in [5.74, 6) is 0.207. The molecule has 1 amide bonds. The summed E-state index contributed by atoms with van der Waals surface area (Å²) in [6, 6.07) is 13.1. The molecule has 0 saturated heterocycles. The van der Waals surface area contributed by atoms with Crippen molar-refractivity contribution in [1.82, 2.24) is 0 Å². The van der Waals surface area contributed by atoms with Gasteiger partial charge in [0.15, 0.2) is 0 Å². The standard InChI is InChI=1S/C17H19FN2O2/c1-12(2)22-16-5-3-4-15(10-16)19-11-17(21)20-14-8-6-13(18)7-9-14/h3-10,12,19H,11H2,1-2H3,(H,20,21). The van der Waals surface area contributed by atoms with Crippen molar-refractivity contribution in [1.29, 1.82) is 0 Å². The van der Waals surface area contributed by atoms with Crippen molar-refractivity contribution >= 4 is 17.3 Å². The van der Waals surface area contributed by atoms with E-state index in [1.807, 2.05) is 38.1 Å². The number of rotatable bonds is 6. The summed E-state index contributed by atoms with van der Waals surface area (Å²) >= 11 is 0. The molecule has 4 nitrogen and oxygen atoms in total. The molecule has 0 fully saturated rings. The number of carbonyl (C=O) groups excluding carboxylic acids is 1. The van der Waals surface area contributed by atoms with Gasteiger partial charge >= 0.3 is 0 Å². The molecule has 5 heteroatoms. The van der Waals surface area contributed by atoms with Crippen LogP contribution in [0.1, 0.15) is 13.8 Å². The first-order valence-corrected chi connectivity index (χ1v) is 7.09. The molecule has 116 valence electrons. The largest absolute Gasteiger partial charge is 0.491 e. The molecule has 0 radical (unpaired) electrons.